The molecule has 116 valence electrons. The van der Waals surface area contributed by atoms with Crippen LogP contribution in [0, 0.1) is 0 Å². The van der Waals surface area contributed by atoms with Gasteiger partial charge in [-0.05, 0) is 31.0 Å². The lowest BCUT2D eigenvalue weighted by atomic mass is 10.0. The number of benzene rings is 1. The van der Waals surface area contributed by atoms with Gasteiger partial charge in [0, 0.05) is 32.4 Å². The molecule has 1 aromatic carbocycles. The first-order valence-corrected chi connectivity index (χ1v) is 7.33. The van der Waals surface area contributed by atoms with Crippen molar-refractivity contribution in [3.8, 4) is 0 Å². The second-order valence-electron chi connectivity index (χ2n) is 5.17. The number of hydrogen-bond donors (Lipinski definition) is 1. The lowest BCUT2D eigenvalue weighted by Crippen LogP contribution is -2.34. The number of carbonyl (C=O) groups is 1. The quantitative estimate of drug-likeness (QED) is 0.560. The number of nitrogens with zero attached hydrogens (tertiary/aromatic N) is 1. The summed E-state index contributed by atoms with van der Waals surface area (Å²) >= 11 is 0. The van der Waals surface area contributed by atoms with Crippen molar-refractivity contribution in [2.24, 2.45) is 0 Å². The van der Waals surface area contributed by atoms with Crippen molar-refractivity contribution in [1.82, 2.24) is 5.32 Å². The summed E-state index contributed by atoms with van der Waals surface area (Å²) < 4.78 is 5.03. The van der Waals surface area contributed by atoms with Crippen LogP contribution in [-0.2, 0) is 16.0 Å². The SMILES string of the molecule is C=CCNC(CC(=O)OCC)Cc1ccc(N(C)C)cc1. The number of anilines is 1. The average molecular weight is 290 g/mol. The maximum Gasteiger partial charge on any atom is 0.307 e. The topological polar surface area (TPSA) is 41.6 Å². The number of ether oxygens (including phenoxy) is 1. The Balaban J connectivity index is 2.65. The minimum atomic E-state index is -0.163. The van der Waals surface area contributed by atoms with E-state index in [2.05, 4.69) is 41.1 Å². The molecule has 0 aliphatic heterocycles. The molecule has 0 fully saturated rings. The fourth-order valence-electron chi connectivity index (χ4n) is 2.10. The normalized spacial score (nSPS) is 11.8. The molecule has 0 amide bonds. The van der Waals surface area contributed by atoms with Crippen molar-refractivity contribution >= 4 is 11.7 Å². The van der Waals surface area contributed by atoms with Gasteiger partial charge in [-0.15, -0.1) is 6.58 Å². The number of hydrogen-bond acceptors (Lipinski definition) is 4. The summed E-state index contributed by atoms with van der Waals surface area (Å²) in [5.41, 5.74) is 2.37. The molecule has 1 rings (SSSR count). The molecule has 4 heteroatoms. The molecule has 0 spiro atoms. The molecule has 0 saturated heterocycles. The van der Waals surface area contributed by atoms with Crippen LogP contribution >= 0.6 is 0 Å². The van der Waals surface area contributed by atoms with Crippen molar-refractivity contribution in [3.63, 3.8) is 0 Å². The Hall–Kier alpha value is -1.81. The maximum atomic E-state index is 11.7. The maximum absolute atomic E-state index is 11.7. The number of rotatable bonds is 9. The molecule has 0 aliphatic carbocycles. The summed E-state index contributed by atoms with van der Waals surface area (Å²) in [5.74, 6) is -0.163. The predicted octanol–water partition coefficient (Wildman–Crippen LogP) is 2.39. The van der Waals surface area contributed by atoms with Gasteiger partial charge in [-0.2, -0.15) is 0 Å². The van der Waals surface area contributed by atoms with Gasteiger partial charge < -0.3 is 15.0 Å². The summed E-state index contributed by atoms with van der Waals surface area (Å²) in [6.07, 6.45) is 2.96. The van der Waals surface area contributed by atoms with Gasteiger partial charge in [-0.25, -0.2) is 0 Å². The minimum absolute atomic E-state index is 0.0623. The third-order valence-electron chi connectivity index (χ3n) is 3.20. The van der Waals surface area contributed by atoms with Crippen LogP contribution in [0.4, 0.5) is 5.69 Å². The highest BCUT2D eigenvalue weighted by atomic mass is 16.5. The van der Waals surface area contributed by atoms with Crippen LogP contribution in [0.5, 0.6) is 0 Å². The monoisotopic (exact) mass is 290 g/mol. The van der Waals surface area contributed by atoms with E-state index in [-0.39, 0.29) is 12.0 Å². The first kappa shape index (κ1) is 17.2. The zero-order valence-corrected chi connectivity index (χ0v) is 13.3. The first-order chi connectivity index (χ1) is 10.1. The molecule has 4 nitrogen and oxygen atoms in total. The fraction of sp³-hybridized carbons (Fsp3) is 0.471. The molecular weight excluding hydrogens is 264 g/mol. The Morgan fingerprint density at radius 1 is 1.38 bits per heavy atom. The van der Waals surface area contributed by atoms with Gasteiger partial charge in [0.15, 0.2) is 0 Å². The summed E-state index contributed by atoms with van der Waals surface area (Å²) in [4.78, 5) is 13.7. The highest BCUT2D eigenvalue weighted by molar-refractivity contribution is 5.70. The number of carbonyl (C=O) groups excluding carboxylic acids is 1. The molecule has 21 heavy (non-hydrogen) atoms. The van der Waals surface area contributed by atoms with Crippen molar-refractivity contribution in [1.29, 1.82) is 0 Å². The summed E-state index contributed by atoms with van der Waals surface area (Å²) in [5, 5.41) is 3.32. The zero-order chi connectivity index (χ0) is 15.7. The molecule has 1 aromatic rings. The Labute approximate surface area is 127 Å². The van der Waals surface area contributed by atoms with Gasteiger partial charge in [0.05, 0.1) is 13.0 Å². The lowest BCUT2D eigenvalue weighted by molar-refractivity contribution is -0.143. The molecule has 0 radical (unpaired) electrons. The molecule has 0 heterocycles. The summed E-state index contributed by atoms with van der Waals surface area (Å²) in [6, 6.07) is 8.44. The zero-order valence-electron chi connectivity index (χ0n) is 13.3. The van der Waals surface area contributed by atoms with Crippen molar-refractivity contribution in [3.05, 3.63) is 42.5 Å². The van der Waals surface area contributed by atoms with Crippen LogP contribution in [0.2, 0.25) is 0 Å². The van der Waals surface area contributed by atoms with E-state index < -0.39 is 0 Å². The standard InChI is InChI=1S/C17H26N2O2/c1-5-11-18-15(13-17(20)21-6-2)12-14-7-9-16(10-8-14)19(3)4/h5,7-10,15,18H,1,6,11-13H2,2-4H3. The van der Waals surface area contributed by atoms with Crippen LogP contribution < -0.4 is 10.2 Å². The molecule has 1 atom stereocenters. The van der Waals surface area contributed by atoms with Crippen LogP contribution in [0.25, 0.3) is 0 Å². The number of esters is 1. The van der Waals surface area contributed by atoms with Crippen molar-refractivity contribution < 1.29 is 9.53 Å². The van der Waals surface area contributed by atoms with E-state index in [1.54, 1.807) is 6.08 Å². The van der Waals surface area contributed by atoms with Gasteiger partial charge >= 0.3 is 5.97 Å². The molecule has 0 aromatic heterocycles. The second kappa shape index (κ2) is 9.19. The molecule has 0 bridgehead atoms. The molecule has 1 unspecified atom stereocenters. The fourth-order valence-corrected chi connectivity index (χ4v) is 2.10. The molecule has 1 N–H and O–H groups in total. The van der Waals surface area contributed by atoms with Crippen LogP contribution in [-0.4, -0.2) is 39.3 Å². The van der Waals surface area contributed by atoms with E-state index in [0.717, 1.165) is 6.42 Å². The van der Waals surface area contributed by atoms with Gasteiger partial charge in [-0.3, -0.25) is 4.79 Å². The highest BCUT2D eigenvalue weighted by Crippen LogP contribution is 2.14. The Kier molecular flexibility index (Phi) is 7.54. The predicted molar refractivity (Wildman–Crippen MR) is 87.7 cm³/mol. The Morgan fingerprint density at radius 2 is 2.05 bits per heavy atom. The van der Waals surface area contributed by atoms with E-state index in [1.165, 1.54) is 11.3 Å². The average Bonchev–Trinajstić information content (AvgIpc) is 2.45. The smallest absolute Gasteiger partial charge is 0.307 e. The minimum Gasteiger partial charge on any atom is -0.466 e. The summed E-state index contributed by atoms with van der Waals surface area (Å²) in [7, 11) is 4.04. The third kappa shape index (κ3) is 6.45. The van der Waals surface area contributed by atoms with Crippen LogP contribution in [0.1, 0.15) is 18.9 Å². The Morgan fingerprint density at radius 3 is 2.57 bits per heavy atom. The highest BCUT2D eigenvalue weighted by Gasteiger charge is 2.14. The number of nitrogens with one attached hydrogen (secondary N) is 1. The molecule has 0 aliphatic rings. The third-order valence-corrected chi connectivity index (χ3v) is 3.20. The van der Waals surface area contributed by atoms with E-state index in [4.69, 9.17) is 4.74 Å². The largest absolute Gasteiger partial charge is 0.466 e. The molecule has 0 saturated carbocycles. The van der Waals surface area contributed by atoms with Crippen LogP contribution in [0.3, 0.4) is 0 Å². The van der Waals surface area contributed by atoms with Gasteiger partial charge in [0.2, 0.25) is 0 Å². The lowest BCUT2D eigenvalue weighted by Gasteiger charge is -2.18. The van der Waals surface area contributed by atoms with Crippen LogP contribution in [0.15, 0.2) is 36.9 Å². The van der Waals surface area contributed by atoms with Crippen molar-refractivity contribution in [2.45, 2.75) is 25.8 Å². The Bertz CT molecular complexity index is 441. The van der Waals surface area contributed by atoms with E-state index in [0.29, 0.717) is 19.6 Å². The van der Waals surface area contributed by atoms with Gasteiger partial charge in [0.1, 0.15) is 0 Å². The van der Waals surface area contributed by atoms with Gasteiger partial charge in [0.25, 0.3) is 0 Å². The van der Waals surface area contributed by atoms with E-state index in [9.17, 15) is 4.79 Å². The summed E-state index contributed by atoms with van der Waals surface area (Å²) in [6.45, 7) is 6.63. The van der Waals surface area contributed by atoms with E-state index in [1.807, 2.05) is 21.0 Å². The second-order valence-corrected chi connectivity index (χ2v) is 5.17. The first-order valence-electron chi connectivity index (χ1n) is 7.33. The van der Waals surface area contributed by atoms with Crippen molar-refractivity contribution in [2.75, 3.05) is 32.1 Å². The molecular formula is C17H26N2O2. The van der Waals surface area contributed by atoms with E-state index >= 15 is 0 Å². The van der Waals surface area contributed by atoms with Gasteiger partial charge in [-0.1, -0.05) is 18.2 Å².